The summed E-state index contributed by atoms with van der Waals surface area (Å²) < 4.78 is 0. The summed E-state index contributed by atoms with van der Waals surface area (Å²) in [6.45, 7) is 21.8. The predicted octanol–water partition coefficient (Wildman–Crippen LogP) is 1.11. The van der Waals surface area contributed by atoms with Crippen molar-refractivity contribution in [1.82, 2.24) is 0 Å². The minimum absolute atomic E-state index is 0.153. The first-order chi connectivity index (χ1) is 6.78. The van der Waals surface area contributed by atoms with Gasteiger partial charge in [0.05, 0.1) is 0 Å². The first kappa shape index (κ1) is 6.05. The molecule has 0 atom stereocenters. The van der Waals surface area contributed by atoms with Crippen molar-refractivity contribution in [3.63, 3.8) is 0 Å². The molecule has 64 valence electrons. The molecule has 0 aromatic carbocycles. The molecule has 0 aromatic rings. The van der Waals surface area contributed by atoms with Crippen molar-refractivity contribution in [2.75, 3.05) is 0 Å². The summed E-state index contributed by atoms with van der Waals surface area (Å²) in [7, 11) is 0. The van der Waals surface area contributed by atoms with Crippen LogP contribution < -0.4 is 0 Å². The second-order valence-electron chi connectivity index (χ2n) is 5.44. The van der Waals surface area contributed by atoms with Crippen molar-refractivity contribution < 1.29 is 0 Å². The normalized spacial score (nSPS) is 80.8. The van der Waals surface area contributed by atoms with Crippen LogP contribution in [0.5, 0.6) is 0 Å². The predicted molar refractivity (Wildman–Crippen MR) is 45.4 cm³/mol. The Morgan fingerprint density at radius 1 is 0.714 bits per heavy atom. The van der Waals surface area contributed by atoms with Gasteiger partial charge in [0.2, 0.25) is 0 Å². The van der Waals surface area contributed by atoms with Crippen molar-refractivity contribution in [3.05, 3.63) is 34.3 Å². The minimum atomic E-state index is -0.200. The lowest BCUT2D eigenvalue weighted by molar-refractivity contribution is -0.551. The number of rotatable bonds is 0. The maximum Gasteiger partial charge on any atom is 0.272 e. The fourth-order valence-corrected chi connectivity index (χ4v) is 6.27. The largest absolute Gasteiger partial charge is 0.308 e. The molecule has 0 bridgehead atoms. The fourth-order valence-electron chi connectivity index (χ4n) is 6.27. The van der Waals surface area contributed by atoms with Crippen LogP contribution in [0.25, 0.3) is 14.5 Å². The molecule has 3 nitrogen and oxygen atoms in total. The van der Waals surface area contributed by atoms with E-state index in [-0.39, 0.29) is 22.5 Å². The lowest BCUT2D eigenvalue weighted by Crippen LogP contribution is -3.20. The van der Waals surface area contributed by atoms with Crippen LogP contribution in [0.1, 0.15) is 0 Å². The summed E-state index contributed by atoms with van der Waals surface area (Å²) in [6.07, 6.45) is 0. The van der Waals surface area contributed by atoms with E-state index in [0.29, 0.717) is 23.7 Å². The van der Waals surface area contributed by atoms with Gasteiger partial charge in [-0.3, -0.25) is 0 Å². The molecule has 6 fully saturated rings. The maximum absolute atomic E-state index is 7.26. The summed E-state index contributed by atoms with van der Waals surface area (Å²) in [5.74, 6) is 1.91. The highest BCUT2D eigenvalue weighted by molar-refractivity contribution is 5.75. The molecule has 14 heavy (non-hydrogen) atoms. The zero-order chi connectivity index (χ0) is 9.51. The van der Waals surface area contributed by atoms with E-state index in [4.69, 9.17) is 19.7 Å². The van der Waals surface area contributed by atoms with Gasteiger partial charge in [0.15, 0.2) is 5.92 Å². The van der Waals surface area contributed by atoms with Crippen molar-refractivity contribution in [3.8, 4) is 0 Å². The van der Waals surface area contributed by atoms with E-state index < -0.39 is 0 Å². The number of hydrogen-bond acceptors (Lipinski definition) is 0. The molecule has 0 N–H and O–H groups in total. The molecular weight excluding hydrogens is 174 g/mol. The van der Waals surface area contributed by atoms with Gasteiger partial charge in [-0.1, -0.05) is 0 Å². The zero-order valence-corrected chi connectivity index (χ0v) is 7.23. The molecule has 6 rings (SSSR count). The van der Waals surface area contributed by atoms with E-state index in [0.717, 1.165) is 0 Å². The Morgan fingerprint density at radius 3 is 1.36 bits per heavy atom. The minimum Gasteiger partial charge on any atom is -0.308 e. The highest BCUT2D eigenvalue weighted by Gasteiger charge is 3.30. The molecule has 0 spiro atoms. The standard InChI is InChI=1S/C11H5N3/c1-12-9-5-4-6(9)11(14-3)7(4)10(5,13-2)8(9)11/h4-8H. The molecule has 0 aliphatic heterocycles. The monoisotopic (exact) mass is 179 g/mol. The van der Waals surface area contributed by atoms with E-state index in [1.807, 2.05) is 0 Å². The smallest absolute Gasteiger partial charge is 0.272 e. The Balaban J connectivity index is 1.81. The van der Waals surface area contributed by atoms with Crippen LogP contribution in [0.3, 0.4) is 0 Å². The first-order valence-corrected chi connectivity index (χ1v) is 4.94. The van der Waals surface area contributed by atoms with Gasteiger partial charge in [0.25, 0.3) is 16.6 Å². The molecule has 6 saturated carbocycles. The molecule has 6 aliphatic carbocycles. The lowest BCUT2D eigenvalue weighted by atomic mass is 8.94. The molecule has 0 unspecified atom stereocenters. The third kappa shape index (κ3) is 0.174. The average molecular weight is 179 g/mol. The maximum atomic E-state index is 7.26. The molecule has 3 heteroatoms. The number of hydrogen-bond donors (Lipinski definition) is 0. The third-order valence-corrected chi connectivity index (χ3v) is 6.11. The molecular formula is C11H5N3. The van der Waals surface area contributed by atoms with Crippen LogP contribution in [0.15, 0.2) is 0 Å². The van der Waals surface area contributed by atoms with E-state index in [1.165, 1.54) is 0 Å². The molecule has 0 amide bonds. The van der Waals surface area contributed by atoms with Crippen LogP contribution in [0, 0.1) is 49.3 Å². The SMILES string of the molecule is [C-]#[N+]C12C3C4C1C1([N+]#[C-])C4C3([N+]#[C-])C21. The highest BCUT2D eigenvalue weighted by atomic mass is 15.4. The summed E-state index contributed by atoms with van der Waals surface area (Å²) in [4.78, 5) is 11.3. The van der Waals surface area contributed by atoms with Crippen molar-refractivity contribution in [2.45, 2.75) is 16.6 Å². The molecule has 0 saturated heterocycles. The molecule has 0 aromatic heterocycles. The molecule has 0 radical (unpaired) electrons. The van der Waals surface area contributed by atoms with Crippen LogP contribution in [-0.4, -0.2) is 16.6 Å². The third-order valence-electron chi connectivity index (χ3n) is 6.11. The highest BCUT2D eigenvalue weighted by Crippen LogP contribution is 3.07. The summed E-state index contributed by atoms with van der Waals surface area (Å²) in [6, 6.07) is 0. The molecule has 6 aliphatic rings. The van der Waals surface area contributed by atoms with Gasteiger partial charge in [-0.2, -0.15) is 0 Å². The van der Waals surface area contributed by atoms with Gasteiger partial charge in [0, 0.05) is 5.92 Å². The lowest BCUT2D eigenvalue weighted by Gasteiger charge is -2.97. The summed E-state index contributed by atoms with van der Waals surface area (Å²) in [5.41, 5.74) is -0.600. The van der Waals surface area contributed by atoms with Crippen LogP contribution in [0.4, 0.5) is 0 Å². The first-order valence-electron chi connectivity index (χ1n) is 4.94. The van der Waals surface area contributed by atoms with Crippen LogP contribution in [-0.2, 0) is 0 Å². The van der Waals surface area contributed by atoms with E-state index in [1.54, 1.807) is 0 Å². The van der Waals surface area contributed by atoms with Crippen molar-refractivity contribution >= 4 is 0 Å². The van der Waals surface area contributed by atoms with Crippen LogP contribution >= 0.6 is 0 Å². The summed E-state index contributed by atoms with van der Waals surface area (Å²) in [5, 5.41) is 0. The molecule has 0 heterocycles. The zero-order valence-electron chi connectivity index (χ0n) is 7.23. The Bertz CT molecular complexity index is 462. The quantitative estimate of drug-likeness (QED) is 0.494. The van der Waals surface area contributed by atoms with Crippen molar-refractivity contribution in [1.29, 1.82) is 0 Å². The summed E-state index contributed by atoms with van der Waals surface area (Å²) >= 11 is 0. The Kier molecular flexibility index (Phi) is 0.457. The van der Waals surface area contributed by atoms with Crippen molar-refractivity contribution in [2.24, 2.45) is 29.6 Å². The van der Waals surface area contributed by atoms with Crippen LogP contribution in [0.2, 0.25) is 0 Å². The number of nitrogens with zero attached hydrogens (tertiary/aromatic N) is 3. The second-order valence-corrected chi connectivity index (χ2v) is 5.44. The van der Waals surface area contributed by atoms with Gasteiger partial charge in [-0.25, -0.2) is 19.7 Å². The Hall–Kier alpha value is -1.53. The average Bonchev–Trinajstić information content (AvgIpc) is 2.26. The van der Waals surface area contributed by atoms with E-state index in [9.17, 15) is 0 Å². The topological polar surface area (TPSA) is 13.1 Å². The van der Waals surface area contributed by atoms with Gasteiger partial charge < -0.3 is 14.5 Å². The van der Waals surface area contributed by atoms with Gasteiger partial charge in [-0.05, 0) is 0 Å². The second kappa shape index (κ2) is 1.06. The van der Waals surface area contributed by atoms with Gasteiger partial charge in [-0.15, -0.1) is 0 Å². The van der Waals surface area contributed by atoms with Gasteiger partial charge in [0.1, 0.15) is 17.8 Å². The Labute approximate surface area is 81.2 Å². The van der Waals surface area contributed by atoms with E-state index in [2.05, 4.69) is 14.5 Å². The van der Waals surface area contributed by atoms with Gasteiger partial charge >= 0.3 is 0 Å². The van der Waals surface area contributed by atoms with E-state index >= 15 is 0 Å². The Morgan fingerprint density at radius 2 is 1.07 bits per heavy atom. The fraction of sp³-hybridized carbons (Fsp3) is 0.727.